The first-order chi connectivity index (χ1) is 10.8. The maximum absolute atomic E-state index is 12.5. The maximum atomic E-state index is 12.5. The van der Waals surface area contributed by atoms with Crippen LogP contribution in [0.3, 0.4) is 0 Å². The minimum absolute atomic E-state index is 0.0112. The van der Waals surface area contributed by atoms with Crippen LogP contribution < -0.4 is 4.72 Å². The Morgan fingerprint density at radius 1 is 1.00 bits per heavy atom. The standard InChI is InChI=1S/C17H18N2O2S2/c1-17(2,3)12-8-10-13(11-9-12)23(20,21)19-16-18-14-6-4-5-7-15(14)22-16/h4-11H,1-3H3,(H,18,19). The Balaban J connectivity index is 1.89. The molecule has 120 valence electrons. The molecule has 2 aromatic carbocycles. The average Bonchev–Trinajstić information content (AvgIpc) is 2.87. The third-order valence-electron chi connectivity index (χ3n) is 3.55. The van der Waals surface area contributed by atoms with Crippen molar-refractivity contribution in [1.82, 2.24) is 4.98 Å². The predicted molar refractivity (Wildman–Crippen MR) is 95.6 cm³/mol. The molecule has 6 heteroatoms. The topological polar surface area (TPSA) is 59.1 Å². The molecule has 0 aliphatic heterocycles. The van der Waals surface area contributed by atoms with Crippen LogP contribution in [0.2, 0.25) is 0 Å². The van der Waals surface area contributed by atoms with Gasteiger partial charge in [0.25, 0.3) is 10.0 Å². The summed E-state index contributed by atoms with van der Waals surface area (Å²) >= 11 is 1.32. The molecule has 0 aliphatic rings. The molecule has 0 saturated carbocycles. The van der Waals surface area contributed by atoms with Gasteiger partial charge in [-0.3, -0.25) is 4.72 Å². The first-order valence-electron chi connectivity index (χ1n) is 7.25. The summed E-state index contributed by atoms with van der Waals surface area (Å²) in [6, 6.07) is 14.5. The number of sulfonamides is 1. The Hall–Kier alpha value is -1.92. The number of para-hydroxylation sites is 1. The molecule has 4 nitrogen and oxygen atoms in total. The van der Waals surface area contributed by atoms with Crippen molar-refractivity contribution in [1.29, 1.82) is 0 Å². The molecule has 0 saturated heterocycles. The first kappa shape index (κ1) is 16.0. The summed E-state index contributed by atoms with van der Waals surface area (Å²) < 4.78 is 28.5. The monoisotopic (exact) mass is 346 g/mol. The summed E-state index contributed by atoms with van der Waals surface area (Å²) in [5.41, 5.74) is 1.87. The number of rotatable bonds is 3. The second-order valence-electron chi connectivity index (χ2n) is 6.37. The molecule has 1 heterocycles. The lowest BCUT2D eigenvalue weighted by atomic mass is 9.87. The van der Waals surface area contributed by atoms with E-state index in [9.17, 15) is 8.42 Å². The van der Waals surface area contributed by atoms with Gasteiger partial charge in [0.05, 0.1) is 15.1 Å². The molecule has 0 spiro atoms. The Labute approximate surface area is 140 Å². The van der Waals surface area contributed by atoms with E-state index in [-0.39, 0.29) is 10.3 Å². The van der Waals surface area contributed by atoms with Crippen LogP contribution in [0.15, 0.2) is 53.4 Å². The van der Waals surface area contributed by atoms with Crippen molar-refractivity contribution in [2.24, 2.45) is 0 Å². The minimum Gasteiger partial charge on any atom is -0.255 e. The van der Waals surface area contributed by atoms with Crippen molar-refractivity contribution < 1.29 is 8.42 Å². The number of aromatic nitrogens is 1. The molecule has 0 bridgehead atoms. The van der Waals surface area contributed by atoms with Gasteiger partial charge < -0.3 is 0 Å². The van der Waals surface area contributed by atoms with E-state index in [2.05, 4.69) is 30.5 Å². The molecule has 1 N–H and O–H groups in total. The quantitative estimate of drug-likeness (QED) is 0.765. The molecule has 23 heavy (non-hydrogen) atoms. The van der Waals surface area contributed by atoms with E-state index in [1.807, 2.05) is 36.4 Å². The van der Waals surface area contributed by atoms with Crippen molar-refractivity contribution in [3.8, 4) is 0 Å². The van der Waals surface area contributed by atoms with Gasteiger partial charge in [-0.25, -0.2) is 13.4 Å². The van der Waals surface area contributed by atoms with Crippen LogP contribution in [-0.4, -0.2) is 13.4 Å². The summed E-state index contributed by atoms with van der Waals surface area (Å²) in [6.07, 6.45) is 0. The van der Waals surface area contributed by atoms with Gasteiger partial charge in [-0.2, -0.15) is 0 Å². The normalized spacial score (nSPS) is 12.5. The number of thiazole rings is 1. The van der Waals surface area contributed by atoms with Crippen molar-refractivity contribution in [3.05, 3.63) is 54.1 Å². The van der Waals surface area contributed by atoms with Gasteiger partial charge in [0, 0.05) is 0 Å². The lowest BCUT2D eigenvalue weighted by Gasteiger charge is -2.19. The zero-order valence-corrected chi connectivity index (χ0v) is 14.8. The van der Waals surface area contributed by atoms with Gasteiger partial charge in [-0.05, 0) is 35.2 Å². The molecule has 0 unspecified atom stereocenters. The number of fused-ring (bicyclic) bond motifs is 1. The fourth-order valence-corrected chi connectivity index (χ4v) is 4.32. The zero-order chi connectivity index (χ0) is 16.7. The maximum Gasteiger partial charge on any atom is 0.263 e. The summed E-state index contributed by atoms with van der Waals surface area (Å²) in [4.78, 5) is 4.55. The van der Waals surface area contributed by atoms with Crippen molar-refractivity contribution in [2.45, 2.75) is 31.1 Å². The zero-order valence-electron chi connectivity index (χ0n) is 13.2. The van der Waals surface area contributed by atoms with Crippen molar-refractivity contribution >= 4 is 36.7 Å². The van der Waals surface area contributed by atoms with Gasteiger partial charge in [0.15, 0.2) is 5.13 Å². The summed E-state index contributed by atoms with van der Waals surface area (Å²) in [7, 11) is -3.63. The molecule has 0 amide bonds. The SMILES string of the molecule is CC(C)(C)c1ccc(S(=O)(=O)Nc2nc3ccccc3s2)cc1. The first-order valence-corrected chi connectivity index (χ1v) is 9.55. The summed E-state index contributed by atoms with van der Waals surface area (Å²) in [5.74, 6) is 0. The van der Waals surface area contributed by atoms with Crippen LogP contribution in [0.5, 0.6) is 0 Å². The van der Waals surface area contributed by atoms with Crippen LogP contribution in [0, 0.1) is 0 Å². The van der Waals surface area contributed by atoms with E-state index in [0.717, 1.165) is 15.8 Å². The smallest absolute Gasteiger partial charge is 0.255 e. The van der Waals surface area contributed by atoms with Crippen LogP contribution in [0.1, 0.15) is 26.3 Å². The summed E-state index contributed by atoms with van der Waals surface area (Å²) in [5, 5.41) is 0.381. The fraction of sp³-hybridized carbons (Fsp3) is 0.235. The Morgan fingerprint density at radius 2 is 1.65 bits per heavy atom. The highest BCUT2D eigenvalue weighted by atomic mass is 32.2. The third kappa shape index (κ3) is 3.38. The molecule has 0 radical (unpaired) electrons. The van der Waals surface area contributed by atoms with Crippen molar-refractivity contribution in [2.75, 3.05) is 4.72 Å². The second kappa shape index (κ2) is 5.62. The third-order valence-corrected chi connectivity index (χ3v) is 5.98. The highest BCUT2D eigenvalue weighted by Crippen LogP contribution is 2.28. The van der Waals surface area contributed by atoms with E-state index in [1.165, 1.54) is 11.3 Å². The largest absolute Gasteiger partial charge is 0.263 e. The molecule has 3 rings (SSSR count). The van der Waals surface area contributed by atoms with Gasteiger partial charge in [-0.15, -0.1) is 0 Å². The van der Waals surface area contributed by atoms with E-state index >= 15 is 0 Å². The molecule has 1 aromatic heterocycles. The van der Waals surface area contributed by atoms with E-state index < -0.39 is 10.0 Å². The molecule has 0 atom stereocenters. The van der Waals surface area contributed by atoms with Crippen LogP contribution in [-0.2, 0) is 15.4 Å². The number of anilines is 1. The van der Waals surface area contributed by atoms with Crippen molar-refractivity contribution in [3.63, 3.8) is 0 Å². The number of hydrogen-bond acceptors (Lipinski definition) is 4. The summed E-state index contributed by atoms with van der Waals surface area (Å²) in [6.45, 7) is 6.28. The molecule has 0 fully saturated rings. The van der Waals surface area contributed by atoms with E-state index in [0.29, 0.717) is 5.13 Å². The van der Waals surface area contributed by atoms with Crippen LogP contribution in [0.25, 0.3) is 10.2 Å². The molecular formula is C17H18N2O2S2. The van der Waals surface area contributed by atoms with E-state index in [1.54, 1.807) is 12.1 Å². The number of benzene rings is 2. The van der Waals surface area contributed by atoms with Gasteiger partial charge in [0.1, 0.15) is 0 Å². The average molecular weight is 346 g/mol. The second-order valence-corrected chi connectivity index (χ2v) is 9.08. The van der Waals surface area contributed by atoms with Gasteiger partial charge in [0.2, 0.25) is 0 Å². The van der Waals surface area contributed by atoms with Crippen LogP contribution in [0.4, 0.5) is 5.13 Å². The van der Waals surface area contributed by atoms with E-state index in [4.69, 9.17) is 0 Å². The highest BCUT2D eigenvalue weighted by molar-refractivity contribution is 7.93. The van der Waals surface area contributed by atoms with Crippen LogP contribution >= 0.6 is 11.3 Å². The molecule has 0 aliphatic carbocycles. The van der Waals surface area contributed by atoms with Gasteiger partial charge >= 0.3 is 0 Å². The lowest BCUT2D eigenvalue weighted by Crippen LogP contribution is -2.14. The number of nitrogens with zero attached hydrogens (tertiary/aromatic N) is 1. The Morgan fingerprint density at radius 3 is 2.26 bits per heavy atom. The number of nitrogens with one attached hydrogen (secondary N) is 1. The molecule has 3 aromatic rings. The lowest BCUT2D eigenvalue weighted by molar-refractivity contribution is 0.587. The highest BCUT2D eigenvalue weighted by Gasteiger charge is 2.19. The fourth-order valence-electron chi connectivity index (χ4n) is 2.22. The predicted octanol–water partition coefficient (Wildman–Crippen LogP) is 4.39. The minimum atomic E-state index is -3.63. The number of hydrogen-bond donors (Lipinski definition) is 1. The Bertz CT molecular complexity index is 904. The van der Waals surface area contributed by atoms with Gasteiger partial charge in [-0.1, -0.05) is 56.4 Å². The molecular weight excluding hydrogens is 328 g/mol. The Kier molecular flexibility index (Phi) is 3.90.